The first kappa shape index (κ1) is 14.1. The number of nitrogens with one attached hydrogen (secondary N) is 1. The zero-order chi connectivity index (χ0) is 13.2. The Hall–Kier alpha value is -1.99. The summed E-state index contributed by atoms with van der Waals surface area (Å²) in [6.07, 6.45) is 0.00948. The number of rotatable bonds is 4. The van der Waals surface area contributed by atoms with Gasteiger partial charge in [-0.3, -0.25) is 0 Å². The fourth-order valence-electron chi connectivity index (χ4n) is 1.36. The second-order valence-electron chi connectivity index (χ2n) is 3.51. The second kappa shape index (κ2) is 8.15. The van der Waals surface area contributed by atoms with Crippen LogP contribution in [0.4, 0.5) is 4.79 Å². The van der Waals surface area contributed by atoms with Crippen molar-refractivity contribution in [3.05, 3.63) is 35.4 Å². The highest BCUT2D eigenvalue weighted by Crippen LogP contribution is 2.07. The number of benzene rings is 1. The van der Waals surface area contributed by atoms with Crippen LogP contribution in [0.15, 0.2) is 24.3 Å². The van der Waals surface area contributed by atoms with E-state index >= 15 is 0 Å². The van der Waals surface area contributed by atoms with Crippen LogP contribution in [-0.2, 0) is 11.3 Å². The Labute approximate surface area is 107 Å². The molecule has 0 aromatic heterocycles. The molecule has 18 heavy (non-hydrogen) atoms. The Kier molecular flexibility index (Phi) is 6.37. The first-order valence-electron chi connectivity index (χ1n) is 5.86. The summed E-state index contributed by atoms with van der Waals surface area (Å²) in [6.45, 7) is 2.54. The van der Waals surface area contributed by atoms with E-state index in [1.54, 1.807) is 6.92 Å². The maximum Gasteiger partial charge on any atom is 0.407 e. The van der Waals surface area contributed by atoms with Gasteiger partial charge in [0.1, 0.15) is 0 Å². The van der Waals surface area contributed by atoms with Crippen LogP contribution in [0.3, 0.4) is 0 Å². The molecular formula is C14H17NO3. The first-order valence-corrected chi connectivity index (χ1v) is 5.86. The van der Waals surface area contributed by atoms with Crippen LogP contribution in [0.5, 0.6) is 0 Å². The molecule has 2 N–H and O–H groups in total. The van der Waals surface area contributed by atoms with E-state index in [-0.39, 0.29) is 6.61 Å². The first-order chi connectivity index (χ1) is 8.77. The lowest BCUT2D eigenvalue weighted by Gasteiger charge is -2.06. The molecule has 1 amide bonds. The SMILES string of the molecule is CCOC(=O)NCc1ccccc1C#CCCO. The van der Waals surface area contributed by atoms with E-state index in [1.165, 1.54) is 0 Å². The topological polar surface area (TPSA) is 58.6 Å². The Balaban J connectivity index is 2.65. The van der Waals surface area contributed by atoms with Crippen molar-refractivity contribution in [2.24, 2.45) is 0 Å². The van der Waals surface area contributed by atoms with E-state index in [9.17, 15) is 4.79 Å². The Bertz CT molecular complexity index is 446. The van der Waals surface area contributed by atoms with E-state index < -0.39 is 6.09 Å². The average molecular weight is 247 g/mol. The highest BCUT2D eigenvalue weighted by atomic mass is 16.5. The van der Waals surface area contributed by atoms with Crippen molar-refractivity contribution in [1.82, 2.24) is 5.32 Å². The lowest BCUT2D eigenvalue weighted by Crippen LogP contribution is -2.24. The highest BCUT2D eigenvalue weighted by Gasteiger charge is 2.02. The number of alkyl carbamates (subject to hydrolysis) is 1. The van der Waals surface area contributed by atoms with Gasteiger partial charge in [-0.1, -0.05) is 30.0 Å². The molecule has 1 rings (SSSR count). The van der Waals surface area contributed by atoms with Crippen molar-refractivity contribution in [3.63, 3.8) is 0 Å². The molecule has 0 saturated carbocycles. The van der Waals surface area contributed by atoms with Crippen molar-refractivity contribution in [1.29, 1.82) is 0 Å². The number of ether oxygens (including phenoxy) is 1. The quantitative estimate of drug-likeness (QED) is 0.796. The lowest BCUT2D eigenvalue weighted by molar-refractivity contribution is 0.151. The molecule has 0 aliphatic rings. The lowest BCUT2D eigenvalue weighted by atomic mass is 10.1. The number of carbonyl (C=O) groups excluding carboxylic acids is 1. The van der Waals surface area contributed by atoms with Gasteiger partial charge < -0.3 is 15.2 Å². The number of hydrogen-bond donors (Lipinski definition) is 2. The van der Waals surface area contributed by atoms with Crippen LogP contribution in [0.1, 0.15) is 24.5 Å². The van der Waals surface area contributed by atoms with Gasteiger partial charge in [-0.15, -0.1) is 0 Å². The highest BCUT2D eigenvalue weighted by molar-refractivity contribution is 5.67. The third-order valence-electron chi connectivity index (χ3n) is 2.18. The zero-order valence-corrected chi connectivity index (χ0v) is 10.4. The van der Waals surface area contributed by atoms with Gasteiger partial charge in [0.15, 0.2) is 0 Å². The fraction of sp³-hybridized carbons (Fsp3) is 0.357. The molecule has 0 atom stereocenters. The Morgan fingerprint density at radius 2 is 2.22 bits per heavy atom. The maximum absolute atomic E-state index is 11.2. The van der Waals surface area contributed by atoms with Crippen LogP contribution in [0.25, 0.3) is 0 Å². The summed E-state index contributed by atoms with van der Waals surface area (Å²) in [6, 6.07) is 7.55. The summed E-state index contributed by atoms with van der Waals surface area (Å²) in [4.78, 5) is 11.2. The molecule has 0 fully saturated rings. The minimum absolute atomic E-state index is 0.0518. The van der Waals surface area contributed by atoms with E-state index in [1.807, 2.05) is 24.3 Å². The van der Waals surface area contributed by atoms with E-state index in [2.05, 4.69) is 17.2 Å². The van der Waals surface area contributed by atoms with Gasteiger partial charge in [0.05, 0.1) is 13.2 Å². The normalized spacial score (nSPS) is 9.22. The minimum Gasteiger partial charge on any atom is -0.450 e. The molecule has 0 bridgehead atoms. The molecule has 0 heterocycles. The number of carbonyl (C=O) groups is 1. The molecule has 0 aliphatic heterocycles. The van der Waals surface area contributed by atoms with Gasteiger partial charge in [-0.2, -0.15) is 0 Å². The van der Waals surface area contributed by atoms with Crippen LogP contribution >= 0.6 is 0 Å². The number of aliphatic hydroxyl groups is 1. The molecule has 0 unspecified atom stereocenters. The molecule has 0 radical (unpaired) electrons. The van der Waals surface area contributed by atoms with Gasteiger partial charge in [-0.25, -0.2) is 4.79 Å². The summed E-state index contributed by atoms with van der Waals surface area (Å²) in [5.74, 6) is 5.83. The van der Waals surface area contributed by atoms with Gasteiger partial charge in [0.2, 0.25) is 0 Å². The van der Waals surface area contributed by atoms with E-state index in [0.29, 0.717) is 19.6 Å². The predicted molar refractivity (Wildman–Crippen MR) is 68.9 cm³/mol. The third kappa shape index (κ3) is 4.89. The molecule has 0 aliphatic carbocycles. The maximum atomic E-state index is 11.2. The average Bonchev–Trinajstić information content (AvgIpc) is 2.38. The van der Waals surface area contributed by atoms with Gasteiger partial charge in [0.25, 0.3) is 0 Å². The molecule has 1 aromatic rings. The molecular weight excluding hydrogens is 230 g/mol. The molecule has 1 aromatic carbocycles. The summed E-state index contributed by atoms with van der Waals surface area (Å²) >= 11 is 0. The summed E-state index contributed by atoms with van der Waals surface area (Å²) in [5, 5.41) is 11.3. The van der Waals surface area contributed by atoms with E-state index in [0.717, 1.165) is 11.1 Å². The minimum atomic E-state index is -0.435. The Morgan fingerprint density at radius 1 is 1.44 bits per heavy atom. The fourth-order valence-corrected chi connectivity index (χ4v) is 1.36. The van der Waals surface area contributed by atoms with Crippen molar-refractivity contribution in [3.8, 4) is 11.8 Å². The summed E-state index contributed by atoms with van der Waals surface area (Å²) < 4.78 is 4.78. The standard InChI is InChI=1S/C14H17NO3/c1-2-18-14(17)15-11-13-9-4-3-7-12(13)8-5-6-10-16/h3-4,7,9,16H,2,6,10-11H2,1H3,(H,15,17). The van der Waals surface area contributed by atoms with Gasteiger partial charge >= 0.3 is 6.09 Å². The predicted octanol–water partition coefficient (Wildman–Crippen LogP) is 1.67. The third-order valence-corrected chi connectivity index (χ3v) is 2.18. The second-order valence-corrected chi connectivity index (χ2v) is 3.51. The number of aliphatic hydroxyl groups excluding tert-OH is 1. The number of hydrogen-bond acceptors (Lipinski definition) is 3. The summed E-state index contributed by atoms with van der Waals surface area (Å²) in [7, 11) is 0. The molecule has 4 heteroatoms. The zero-order valence-electron chi connectivity index (χ0n) is 10.4. The van der Waals surface area contributed by atoms with Crippen LogP contribution in [-0.4, -0.2) is 24.4 Å². The molecule has 4 nitrogen and oxygen atoms in total. The molecule has 0 saturated heterocycles. The van der Waals surface area contributed by atoms with Crippen molar-refractivity contribution in [2.45, 2.75) is 19.9 Å². The molecule has 96 valence electrons. The van der Waals surface area contributed by atoms with Crippen molar-refractivity contribution < 1.29 is 14.6 Å². The largest absolute Gasteiger partial charge is 0.450 e. The van der Waals surface area contributed by atoms with Gasteiger partial charge in [-0.05, 0) is 18.6 Å². The summed E-state index contributed by atoms with van der Waals surface area (Å²) in [5.41, 5.74) is 1.78. The molecule has 0 spiro atoms. The van der Waals surface area contributed by atoms with Crippen LogP contribution in [0.2, 0.25) is 0 Å². The van der Waals surface area contributed by atoms with Crippen LogP contribution in [0, 0.1) is 11.8 Å². The van der Waals surface area contributed by atoms with Crippen LogP contribution < -0.4 is 5.32 Å². The smallest absolute Gasteiger partial charge is 0.407 e. The van der Waals surface area contributed by atoms with Gasteiger partial charge in [0, 0.05) is 18.5 Å². The number of amides is 1. The monoisotopic (exact) mass is 247 g/mol. The van der Waals surface area contributed by atoms with Crippen molar-refractivity contribution in [2.75, 3.05) is 13.2 Å². The Morgan fingerprint density at radius 3 is 2.94 bits per heavy atom. The van der Waals surface area contributed by atoms with Crippen molar-refractivity contribution >= 4 is 6.09 Å². The van der Waals surface area contributed by atoms with E-state index in [4.69, 9.17) is 9.84 Å².